The first kappa shape index (κ1) is 19.1. The van der Waals surface area contributed by atoms with Crippen molar-refractivity contribution in [1.29, 1.82) is 0 Å². The Morgan fingerprint density at radius 1 is 1.06 bits per heavy atom. The molecule has 0 amide bonds. The smallest absolute Gasteiger partial charge is 1.00 e. The largest absolute Gasteiger partial charge is 4.00 e. The van der Waals surface area contributed by atoms with Crippen LogP contribution in [0.5, 0.6) is 0 Å². The molecule has 0 spiro atoms. The van der Waals surface area contributed by atoms with Crippen LogP contribution in [0.2, 0.25) is 6.55 Å². The summed E-state index contributed by atoms with van der Waals surface area (Å²) in [6, 6.07) is 0. The summed E-state index contributed by atoms with van der Waals surface area (Å²) >= 11 is 6.59. The van der Waals surface area contributed by atoms with Gasteiger partial charge in [-0.1, -0.05) is 6.55 Å². The first-order valence-electron chi connectivity index (χ1n) is 4.46. The molecule has 0 aromatic carbocycles. The Labute approximate surface area is 130 Å². The minimum Gasteiger partial charge on any atom is -1.00 e. The van der Waals surface area contributed by atoms with Crippen molar-refractivity contribution < 1.29 is 46.5 Å². The summed E-state index contributed by atoms with van der Waals surface area (Å²) in [5.74, 6) is 0. The third kappa shape index (κ3) is 3.90. The molecule has 0 nitrogen and oxygen atoms in total. The van der Waals surface area contributed by atoms with Gasteiger partial charge < -0.3 is 24.8 Å². The average molecular weight is 326 g/mol. The topological polar surface area (TPSA) is 0 Å². The maximum absolute atomic E-state index is 6.59. The van der Waals surface area contributed by atoms with Gasteiger partial charge in [0.05, 0.1) is 0 Å². The van der Waals surface area contributed by atoms with E-state index in [9.17, 15) is 0 Å². The second kappa shape index (κ2) is 7.97. The molecule has 0 unspecified atom stereocenters. The van der Waals surface area contributed by atoms with E-state index in [2.05, 4.69) is 43.0 Å². The van der Waals surface area contributed by atoms with Gasteiger partial charge in [-0.05, 0) is 0 Å². The maximum Gasteiger partial charge on any atom is 4.00 e. The summed E-state index contributed by atoms with van der Waals surface area (Å²) in [7, 11) is -1.93. The van der Waals surface area contributed by atoms with Gasteiger partial charge in [-0.25, -0.2) is 22.5 Å². The van der Waals surface area contributed by atoms with E-state index in [0.717, 1.165) is 12.8 Å². The Balaban J connectivity index is 0. The van der Waals surface area contributed by atoms with Crippen LogP contribution in [0.1, 0.15) is 12.8 Å². The predicted molar refractivity (Wildman–Crippen MR) is 58.5 cm³/mol. The molecule has 0 aliphatic heterocycles. The molecule has 2 aliphatic rings. The van der Waals surface area contributed by atoms with Crippen LogP contribution in [0.3, 0.4) is 0 Å². The number of halogens is 3. The third-order valence-electron chi connectivity index (χ3n) is 2.40. The minimum atomic E-state index is -1.93. The van der Waals surface area contributed by atoms with Gasteiger partial charge in [0.2, 0.25) is 0 Å². The van der Waals surface area contributed by atoms with Gasteiger partial charge in [0.15, 0.2) is 0 Å². The summed E-state index contributed by atoms with van der Waals surface area (Å²) in [4.78, 5) is 0. The quantitative estimate of drug-likeness (QED) is 0.294. The molecule has 0 bridgehead atoms. The molecule has 0 aromatic rings. The van der Waals surface area contributed by atoms with E-state index in [0.29, 0.717) is 0 Å². The zero-order chi connectivity index (χ0) is 9.31. The van der Waals surface area contributed by atoms with Crippen LogP contribution in [0.4, 0.5) is 0 Å². The Hall–Kier alpha value is 0.761. The zero-order valence-corrected chi connectivity index (χ0v) is 13.7. The summed E-state index contributed by atoms with van der Waals surface area (Å²) < 4.78 is 0. The molecule has 0 saturated heterocycles. The Morgan fingerprint density at radius 2 is 1.44 bits per heavy atom. The van der Waals surface area contributed by atoms with Gasteiger partial charge in [0, 0.05) is 0 Å². The Morgan fingerprint density at radius 3 is 1.69 bits per heavy atom. The molecule has 0 saturated carbocycles. The normalized spacial score (nSPS) is 16.9. The number of allylic oxidation sites excluding steroid dienone is 8. The first-order chi connectivity index (χ1) is 6.21. The second-order valence-corrected chi connectivity index (χ2v) is 8.75. The molecule has 16 heavy (non-hydrogen) atoms. The SMILES string of the molecule is C[Si](Cl)(C1=[C-]CC=C1)C1=[C-]CC=C1.[Cl-].[Cl-].[Ti+4]. The van der Waals surface area contributed by atoms with Crippen LogP contribution in [0, 0.1) is 12.2 Å². The van der Waals surface area contributed by atoms with E-state index in [1.165, 1.54) is 10.4 Å². The molecule has 0 aromatic heterocycles. The van der Waals surface area contributed by atoms with Crippen molar-refractivity contribution in [2.75, 3.05) is 0 Å². The van der Waals surface area contributed by atoms with E-state index in [1.807, 2.05) is 0 Å². The van der Waals surface area contributed by atoms with Gasteiger partial charge in [-0.2, -0.15) is 23.2 Å². The van der Waals surface area contributed by atoms with Crippen molar-refractivity contribution in [3.05, 3.63) is 46.8 Å². The second-order valence-electron chi connectivity index (χ2n) is 3.40. The monoisotopic (exact) mass is 324 g/mol. The molecule has 0 radical (unpaired) electrons. The van der Waals surface area contributed by atoms with Crippen molar-refractivity contribution in [2.24, 2.45) is 0 Å². The van der Waals surface area contributed by atoms with Gasteiger partial charge in [0.25, 0.3) is 0 Å². The molecule has 0 N–H and O–H groups in total. The summed E-state index contributed by atoms with van der Waals surface area (Å²) in [5.41, 5.74) is 0. The third-order valence-corrected chi connectivity index (χ3v) is 6.33. The summed E-state index contributed by atoms with van der Waals surface area (Å²) in [6.07, 6.45) is 16.9. The van der Waals surface area contributed by atoms with Crippen molar-refractivity contribution in [1.82, 2.24) is 0 Å². The predicted octanol–water partition coefficient (Wildman–Crippen LogP) is -2.74. The molecule has 5 heteroatoms. The number of hydrogen-bond donors (Lipinski definition) is 0. The van der Waals surface area contributed by atoms with Gasteiger partial charge >= 0.3 is 21.7 Å². The van der Waals surface area contributed by atoms with Gasteiger partial charge in [-0.15, -0.1) is 12.8 Å². The molecule has 0 fully saturated rings. The molecular weight excluding hydrogens is 314 g/mol. The van der Waals surface area contributed by atoms with Crippen molar-refractivity contribution in [3.8, 4) is 0 Å². The van der Waals surface area contributed by atoms with Crippen LogP contribution in [-0.2, 0) is 21.7 Å². The number of hydrogen-bond acceptors (Lipinski definition) is 0. The molecule has 0 atom stereocenters. The standard InChI is InChI=1S/C11H11ClSi.2ClH.Ti/c1-13(12,10-6-2-3-7-10)11-8-4-5-9-11;;;/h2,4,6,8H,3,5H2,1H3;2*1H;/q-2;;;+4/p-2. The van der Waals surface area contributed by atoms with E-state index >= 15 is 0 Å². The Kier molecular flexibility index (Phi) is 9.52. The molecule has 84 valence electrons. The minimum absolute atomic E-state index is 0. The molecule has 0 heterocycles. The summed E-state index contributed by atoms with van der Waals surface area (Å²) in [6.45, 7) is 2.14. The Bertz CT molecular complexity index is 311. The fourth-order valence-electron chi connectivity index (χ4n) is 1.60. The zero-order valence-electron chi connectivity index (χ0n) is 8.86. The van der Waals surface area contributed by atoms with E-state index < -0.39 is 7.38 Å². The molecule has 2 aliphatic carbocycles. The van der Waals surface area contributed by atoms with E-state index in [1.54, 1.807) is 0 Å². The van der Waals surface area contributed by atoms with E-state index in [-0.39, 0.29) is 46.5 Å². The average Bonchev–Trinajstić information content (AvgIpc) is 2.78. The van der Waals surface area contributed by atoms with Gasteiger partial charge in [-0.3, -0.25) is 12.2 Å². The van der Waals surface area contributed by atoms with E-state index in [4.69, 9.17) is 11.1 Å². The van der Waals surface area contributed by atoms with Crippen LogP contribution >= 0.6 is 11.1 Å². The van der Waals surface area contributed by atoms with Crippen LogP contribution in [-0.4, -0.2) is 7.38 Å². The van der Waals surface area contributed by atoms with Crippen LogP contribution < -0.4 is 24.8 Å². The fraction of sp³-hybridized carbons (Fsp3) is 0.273. The molecular formula is C11H11Cl3SiTi. The van der Waals surface area contributed by atoms with Crippen LogP contribution in [0.25, 0.3) is 0 Å². The number of rotatable bonds is 2. The molecule has 2 rings (SSSR count). The van der Waals surface area contributed by atoms with Crippen molar-refractivity contribution in [3.63, 3.8) is 0 Å². The fourth-order valence-corrected chi connectivity index (χ4v) is 4.40. The van der Waals surface area contributed by atoms with Crippen molar-refractivity contribution >= 4 is 18.5 Å². The van der Waals surface area contributed by atoms with Gasteiger partial charge in [0.1, 0.15) is 7.38 Å². The van der Waals surface area contributed by atoms with Crippen LogP contribution in [0.15, 0.2) is 34.7 Å². The van der Waals surface area contributed by atoms with Crippen molar-refractivity contribution in [2.45, 2.75) is 19.4 Å². The maximum atomic E-state index is 6.59. The summed E-state index contributed by atoms with van der Waals surface area (Å²) in [5, 5.41) is 2.42. The first-order valence-corrected chi connectivity index (χ1v) is 7.97.